The van der Waals surface area contributed by atoms with Gasteiger partial charge in [0.15, 0.2) is 0 Å². The third-order valence-electron chi connectivity index (χ3n) is 2.94. The topological polar surface area (TPSA) is 41.1 Å². The van der Waals surface area contributed by atoms with Gasteiger partial charge in [0.05, 0.1) is 11.3 Å². The van der Waals surface area contributed by atoms with E-state index in [9.17, 15) is 9.18 Å². The minimum absolute atomic E-state index is 0.235. The molecule has 0 aliphatic carbocycles. The van der Waals surface area contributed by atoms with Gasteiger partial charge in [-0.2, -0.15) is 0 Å². The lowest BCUT2D eigenvalue weighted by Crippen LogP contribution is -2.15. The molecule has 0 fully saturated rings. The maximum Gasteiger partial charge on any atom is 0.257 e. The van der Waals surface area contributed by atoms with E-state index in [0.717, 1.165) is 4.90 Å². The summed E-state index contributed by atoms with van der Waals surface area (Å²) in [5, 5.41) is 5.69. The van der Waals surface area contributed by atoms with Crippen LogP contribution in [0.1, 0.15) is 17.3 Å². The summed E-state index contributed by atoms with van der Waals surface area (Å²) in [6.45, 7) is 2.40. The van der Waals surface area contributed by atoms with Crippen LogP contribution < -0.4 is 10.6 Å². The first-order valence-electron chi connectivity index (χ1n) is 6.63. The fraction of sp³-hybridized carbons (Fsp3) is 0.188. The van der Waals surface area contributed by atoms with Crippen LogP contribution in [-0.2, 0) is 0 Å². The first-order valence-corrected chi connectivity index (χ1v) is 7.86. The fourth-order valence-electron chi connectivity index (χ4n) is 1.97. The largest absolute Gasteiger partial charge is 0.382 e. The van der Waals surface area contributed by atoms with Crippen LogP contribution in [-0.4, -0.2) is 18.7 Å². The van der Waals surface area contributed by atoms with Crippen LogP contribution >= 0.6 is 11.8 Å². The van der Waals surface area contributed by atoms with Crippen molar-refractivity contribution >= 4 is 29.0 Å². The van der Waals surface area contributed by atoms with Crippen LogP contribution in [0.3, 0.4) is 0 Å². The molecule has 2 aromatic carbocycles. The molecule has 0 aromatic heterocycles. The van der Waals surface area contributed by atoms with Gasteiger partial charge in [-0.3, -0.25) is 4.79 Å². The summed E-state index contributed by atoms with van der Waals surface area (Å²) in [4.78, 5) is 13.4. The van der Waals surface area contributed by atoms with Crippen molar-refractivity contribution in [1.29, 1.82) is 0 Å². The Bertz CT molecular complexity index is 646. The number of rotatable bonds is 5. The van der Waals surface area contributed by atoms with E-state index in [1.165, 1.54) is 12.1 Å². The van der Waals surface area contributed by atoms with Crippen molar-refractivity contribution in [1.82, 2.24) is 0 Å². The zero-order valence-electron chi connectivity index (χ0n) is 11.9. The van der Waals surface area contributed by atoms with Gasteiger partial charge in [0.1, 0.15) is 5.82 Å². The van der Waals surface area contributed by atoms with Crippen molar-refractivity contribution in [2.75, 3.05) is 23.4 Å². The minimum atomic E-state index is -0.428. The summed E-state index contributed by atoms with van der Waals surface area (Å²) in [6, 6.07) is 12.0. The number of hydrogen-bond acceptors (Lipinski definition) is 3. The number of hydrogen-bond donors (Lipinski definition) is 2. The van der Waals surface area contributed by atoms with Gasteiger partial charge < -0.3 is 10.6 Å². The lowest BCUT2D eigenvalue weighted by Gasteiger charge is -2.12. The standard InChI is InChI=1S/C16H17FN2OS/c1-3-18-15-13(8-5-9-14(15)17)16(20)19-11-6-4-7-12(10-11)21-2/h4-10,18H,3H2,1-2H3,(H,19,20). The molecule has 0 saturated heterocycles. The van der Waals surface area contributed by atoms with Gasteiger partial charge in [-0.25, -0.2) is 4.39 Å². The Balaban J connectivity index is 2.26. The number of benzene rings is 2. The molecule has 2 aromatic rings. The molecule has 0 aliphatic rings. The average Bonchev–Trinajstić information content (AvgIpc) is 2.49. The second kappa shape index (κ2) is 7.13. The van der Waals surface area contributed by atoms with E-state index in [-0.39, 0.29) is 11.6 Å². The van der Waals surface area contributed by atoms with Crippen LogP contribution in [0.2, 0.25) is 0 Å². The number of thioether (sulfide) groups is 1. The van der Waals surface area contributed by atoms with E-state index in [2.05, 4.69) is 10.6 Å². The van der Waals surface area contributed by atoms with E-state index in [1.807, 2.05) is 37.4 Å². The summed E-state index contributed by atoms with van der Waals surface area (Å²) in [6.07, 6.45) is 1.97. The molecule has 1 amide bonds. The van der Waals surface area contributed by atoms with Crippen LogP contribution in [0.25, 0.3) is 0 Å². The van der Waals surface area contributed by atoms with Gasteiger partial charge in [-0.15, -0.1) is 11.8 Å². The zero-order chi connectivity index (χ0) is 15.2. The predicted octanol–water partition coefficient (Wildman–Crippen LogP) is 4.23. The molecule has 5 heteroatoms. The summed E-state index contributed by atoms with van der Waals surface area (Å²) in [7, 11) is 0. The Labute approximate surface area is 127 Å². The van der Waals surface area contributed by atoms with Gasteiger partial charge in [0.2, 0.25) is 0 Å². The molecule has 0 bridgehead atoms. The summed E-state index contributed by atoms with van der Waals surface area (Å²) < 4.78 is 13.8. The number of carbonyl (C=O) groups is 1. The Morgan fingerprint density at radius 3 is 2.71 bits per heavy atom. The molecule has 0 atom stereocenters. The third-order valence-corrected chi connectivity index (χ3v) is 3.66. The van der Waals surface area contributed by atoms with Crippen molar-refractivity contribution in [2.24, 2.45) is 0 Å². The van der Waals surface area contributed by atoms with Crippen LogP contribution in [0.4, 0.5) is 15.8 Å². The zero-order valence-corrected chi connectivity index (χ0v) is 12.8. The highest BCUT2D eigenvalue weighted by atomic mass is 32.2. The molecule has 2 N–H and O–H groups in total. The molecule has 0 heterocycles. The maximum atomic E-state index is 13.8. The number of halogens is 1. The Hall–Kier alpha value is -2.01. The van der Waals surface area contributed by atoms with Crippen molar-refractivity contribution in [3.63, 3.8) is 0 Å². The summed E-state index contributed by atoms with van der Waals surface area (Å²) >= 11 is 1.60. The highest BCUT2D eigenvalue weighted by Gasteiger charge is 2.14. The van der Waals surface area contributed by atoms with Crippen LogP contribution in [0, 0.1) is 5.82 Å². The lowest BCUT2D eigenvalue weighted by molar-refractivity contribution is 0.102. The number of anilines is 2. The quantitative estimate of drug-likeness (QED) is 0.812. The molecular formula is C16H17FN2OS. The summed E-state index contributed by atoms with van der Waals surface area (Å²) in [5.74, 6) is -0.758. The Morgan fingerprint density at radius 2 is 2.00 bits per heavy atom. The molecule has 0 unspecified atom stereocenters. The van der Waals surface area contributed by atoms with Gasteiger partial charge in [0.25, 0.3) is 5.91 Å². The molecular weight excluding hydrogens is 287 g/mol. The van der Waals surface area contributed by atoms with Crippen LogP contribution in [0.15, 0.2) is 47.4 Å². The number of amides is 1. The van der Waals surface area contributed by atoms with E-state index in [0.29, 0.717) is 17.8 Å². The first-order chi connectivity index (χ1) is 10.2. The van der Waals surface area contributed by atoms with Crippen LogP contribution in [0.5, 0.6) is 0 Å². The van der Waals surface area contributed by atoms with Crippen molar-refractivity contribution in [3.8, 4) is 0 Å². The molecule has 0 saturated carbocycles. The van der Waals surface area contributed by atoms with Gasteiger partial charge in [-0.1, -0.05) is 12.1 Å². The van der Waals surface area contributed by atoms with E-state index < -0.39 is 5.82 Å². The maximum absolute atomic E-state index is 13.8. The SMILES string of the molecule is CCNc1c(F)cccc1C(=O)Nc1cccc(SC)c1. The molecule has 2 rings (SSSR count). The monoisotopic (exact) mass is 304 g/mol. The van der Waals surface area contributed by atoms with Gasteiger partial charge in [0, 0.05) is 17.1 Å². The molecule has 0 radical (unpaired) electrons. The normalized spacial score (nSPS) is 10.2. The summed E-state index contributed by atoms with van der Waals surface area (Å²) in [5.41, 5.74) is 1.23. The number of para-hydroxylation sites is 1. The van der Waals surface area contributed by atoms with Crippen molar-refractivity contribution in [3.05, 3.63) is 53.8 Å². The van der Waals surface area contributed by atoms with E-state index in [4.69, 9.17) is 0 Å². The molecule has 3 nitrogen and oxygen atoms in total. The highest BCUT2D eigenvalue weighted by Crippen LogP contribution is 2.23. The minimum Gasteiger partial charge on any atom is -0.382 e. The fourth-order valence-corrected chi connectivity index (χ4v) is 2.43. The van der Waals surface area contributed by atoms with E-state index in [1.54, 1.807) is 17.8 Å². The number of nitrogens with one attached hydrogen (secondary N) is 2. The average molecular weight is 304 g/mol. The Morgan fingerprint density at radius 1 is 1.24 bits per heavy atom. The van der Waals surface area contributed by atoms with E-state index >= 15 is 0 Å². The first kappa shape index (κ1) is 15.4. The highest BCUT2D eigenvalue weighted by molar-refractivity contribution is 7.98. The second-order valence-corrected chi connectivity index (χ2v) is 5.26. The third kappa shape index (κ3) is 3.76. The van der Waals surface area contributed by atoms with Gasteiger partial charge in [-0.05, 0) is 43.5 Å². The molecule has 110 valence electrons. The number of carbonyl (C=O) groups excluding carboxylic acids is 1. The second-order valence-electron chi connectivity index (χ2n) is 4.38. The predicted molar refractivity (Wildman–Crippen MR) is 86.7 cm³/mol. The van der Waals surface area contributed by atoms with Gasteiger partial charge >= 0.3 is 0 Å². The molecule has 21 heavy (non-hydrogen) atoms. The van der Waals surface area contributed by atoms with Crippen molar-refractivity contribution < 1.29 is 9.18 Å². The Kier molecular flexibility index (Phi) is 5.22. The van der Waals surface area contributed by atoms with Crippen molar-refractivity contribution in [2.45, 2.75) is 11.8 Å². The molecule has 0 aliphatic heterocycles. The smallest absolute Gasteiger partial charge is 0.257 e. The lowest BCUT2D eigenvalue weighted by atomic mass is 10.1. The molecule has 0 spiro atoms.